The van der Waals surface area contributed by atoms with Crippen LogP contribution in [0.5, 0.6) is 0 Å². The Morgan fingerprint density at radius 1 is 1.29 bits per heavy atom. The second kappa shape index (κ2) is 11.0. The summed E-state index contributed by atoms with van der Waals surface area (Å²) < 4.78 is 10.7. The zero-order chi connectivity index (χ0) is 20.7. The van der Waals surface area contributed by atoms with E-state index in [1.807, 2.05) is 13.8 Å². The molecular weight excluding hydrogens is 378 g/mol. The highest BCUT2D eigenvalue weighted by Gasteiger charge is 2.16. The number of methoxy groups -OCH3 is 1. The number of aromatic amines is 1. The van der Waals surface area contributed by atoms with Gasteiger partial charge in [0.25, 0.3) is 5.56 Å². The van der Waals surface area contributed by atoms with Crippen LogP contribution in [0, 0.1) is 19.8 Å². The smallest absolute Gasteiger partial charge is 0.259 e. The molecule has 2 heterocycles. The van der Waals surface area contributed by atoms with E-state index in [-0.39, 0.29) is 5.56 Å². The molecule has 2 aromatic heterocycles. The highest BCUT2D eigenvalue weighted by molar-refractivity contribution is 7.18. The van der Waals surface area contributed by atoms with Gasteiger partial charge in [0, 0.05) is 38.3 Å². The highest BCUT2D eigenvalue weighted by Crippen LogP contribution is 2.25. The molecule has 0 radical (unpaired) electrons. The molecule has 0 amide bonds. The fraction of sp³-hybridized carbons (Fsp3) is 0.700. The normalized spacial score (nSPS) is 13.1. The third-order valence-corrected chi connectivity index (χ3v) is 5.62. The minimum atomic E-state index is -0.594. The summed E-state index contributed by atoms with van der Waals surface area (Å²) in [6, 6.07) is 0. The van der Waals surface area contributed by atoms with E-state index in [1.165, 1.54) is 0 Å². The third-order valence-electron chi connectivity index (χ3n) is 4.51. The van der Waals surface area contributed by atoms with Crippen LogP contribution in [0.1, 0.15) is 36.5 Å². The summed E-state index contributed by atoms with van der Waals surface area (Å²) in [5.41, 5.74) is 0.898. The summed E-state index contributed by atoms with van der Waals surface area (Å²) in [6.07, 6.45) is 0.239. The van der Waals surface area contributed by atoms with Gasteiger partial charge in [-0.25, -0.2) is 4.98 Å². The minimum Gasteiger partial charge on any atom is -0.389 e. The van der Waals surface area contributed by atoms with Crippen molar-refractivity contribution in [3.05, 3.63) is 26.6 Å². The van der Waals surface area contributed by atoms with Crippen LogP contribution in [0.15, 0.2) is 4.79 Å². The predicted molar refractivity (Wildman–Crippen MR) is 113 cm³/mol. The molecule has 1 unspecified atom stereocenters. The monoisotopic (exact) mass is 411 g/mol. The second-order valence-corrected chi connectivity index (χ2v) is 8.85. The maximum atomic E-state index is 12.5. The lowest BCUT2D eigenvalue weighted by Gasteiger charge is -2.24. The Hall–Kier alpha value is -1.32. The van der Waals surface area contributed by atoms with Gasteiger partial charge in [-0.1, -0.05) is 13.8 Å². The quantitative estimate of drug-likeness (QED) is 0.522. The van der Waals surface area contributed by atoms with Gasteiger partial charge in [0.05, 0.1) is 24.6 Å². The number of aliphatic hydroxyl groups is 1. The number of fused-ring (bicyclic) bond motifs is 1. The Kier molecular flexibility index (Phi) is 9.04. The average molecular weight is 412 g/mol. The fourth-order valence-electron chi connectivity index (χ4n) is 3.04. The molecule has 2 N–H and O–H groups in total. The standard InChI is InChI=1S/C20H33N3O4S/c1-13(2)11-27-12-16(24)9-23(7-6-8-26-5)10-17-21-19(25)18-14(3)15(4)28-20(18)22-17/h13,16,24H,6-12H2,1-5H3,(H,21,22,25). The number of rotatable bonds is 12. The predicted octanol–water partition coefficient (Wildman–Crippen LogP) is 2.47. The summed E-state index contributed by atoms with van der Waals surface area (Å²) >= 11 is 1.54. The molecule has 0 aliphatic carbocycles. The van der Waals surface area contributed by atoms with Crippen LogP contribution in [-0.4, -0.2) is 66.1 Å². The first kappa shape index (κ1) is 23.0. The van der Waals surface area contributed by atoms with E-state index in [1.54, 1.807) is 18.4 Å². The van der Waals surface area contributed by atoms with E-state index in [0.29, 0.717) is 50.0 Å². The highest BCUT2D eigenvalue weighted by atomic mass is 32.1. The lowest BCUT2D eigenvalue weighted by molar-refractivity contribution is 0.00544. The number of ether oxygens (including phenoxy) is 2. The molecule has 0 saturated heterocycles. The summed E-state index contributed by atoms with van der Waals surface area (Å²) in [5.74, 6) is 1.05. The Labute approximate surface area is 170 Å². The van der Waals surface area contributed by atoms with Crippen molar-refractivity contribution in [2.24, 2.45) is 5.92 Å². The number of hydrogen-bond donors (Lipinski definition) is 2. The first-order valence-corrected chi connectivity index (χ1v) is 10.6. The van der Waals surface area contributed by atoms with E-state index < -0.39 is 6.10 Å². The Morgan fingerprint density at radius 3 is 2.71 bits per heavy atom. The largest absolute Gasteiger partial charge is 0.389 e. The average Bonchev–Trinajstić information content (AvgIpc) is 2.89. The third kappa shape index (κ3) is 6.63. The number of hydrogen-bond acceptors (Lipinski definition) is 7. The molecule has 0 fully saturated rings. The lowest BCUT2D eigenvalue weighted by atomic mass is 10.2. The van der Waals surface area contributed by atoms with Crippen molar-refractivity contribution >= 4 is 21.6 Å². The Balaban J connectivity index is 2.08. The zero-order valence-electron chi connectivity index (χ0n) is 17.6. The van der Waals surface area contributed by atoms with Crippen molar-refractivity contribution in [2.45, 2.75) is 46.8 Å². The van der Waals surface area contributed by atoms with Gasteiger partial charge < -0.3 is 19.6 Å². The molecule has 0 aromatic carbocycles. The number of H-pyrrole nitrogens is 1. The SMILES string of the molecule is COCCCN(Cc1nc2sc(C)c(C)c2c(=O)[nH]1)CC(O)COCC(C)C. The van der Waals surface area contributed by atoms with Crippen LogP contribution in [0.4, 0.5) is 0 Å². The Morgan fingerprint density at radius 2 is 2.04 bits per heavy atom. The maximum Gasteiger partial charge on any atom is 0.259 e. The van der Waals surface area contributed by atoms with E-state index in [9.17, 15) is 9.90 Å². The van der Waals surface area contributed by atoms with Crippen molar-refractivity contribution in [2.75, 3.05) is 40.0 Å². The molecule has 0 bridgehead atoms. The van der Waals surface area contributed by atoms with Gasteiger partial charge in [0.2, 0.25) is 0 Å². The number of thiophene rings is 1. The summed E-state index contributed by atoms with van der Waals surface area (Å²) in [4.78, 5) is 24.0. The molecule has 0 spiro atoms. The number of aryl methyl sites for hydroxylation is 2. The van der Waals surface area contributed by atoms with E-state index >= 15 is 0 Å². The van der Waals surface area contributed by atoms with E-state index in [2.05, 4.69) is 28.7 Å². The zero-order valence-corrected chi connectivity index (χ0v) is 18.4. The first-order valence-electron chi connectivity index (χ1n) is 9.77. The number of aliphatic hydroxyl groups excluding tert-OH is 1. The second-order valence-electron chi connectivity index (χ2n) is 7.64. The number of aromatic nitrogens is 2. The molecule has 7 nitrogen and oxygen atoms in total. The van der Waals surface area contributed by atoms with Gasteiger partial charge in [-0.15, -0.1) is 11.3 Å². The molecule has 158 valence electrons. The van der Waals surface area contributed by atoms with Gasteiger partial charge in [-0.3, -0.25) is 9.69 Å². The number of nitrogens with one attached hydrogen (secondary N) is 1. The molecular formula is C20H33N3O4S. The van der Waals surface area contributed by atoms with Crippen molar-refractivity contribution in [1.82, 2.24) is 14.9 Å². The molecule has 2 aromatic rings. The van der Waals surface area contributed by atoms with Gasteiger partial charge in [0.15, 0.2) is 0 Å². The minimum absolute atomic E-state index is 0.0977. The van der Waals surface area contributed by atoms with Crippen LogP contribution >= 0.6 is 11.3 Å². The van der Waals surface area contributed by atoms with Crippen molar-refractivity contribution in [1.29, 1.82) is 0 Å². The fourth-order valence-corrected chi connectivity index (χ4v) is 4.09. The molecule has 0 aliphatic heterocycles. The van der Waals surface area contributed by atoms with Crippen molar-refractivity contribution < 1.29 is 14.6 Å². The van der Waals surface area contributed by atoms with Crippen LogP contribution < -0.4 is 5.56 Å². The van der Waals surface area contributed by atoms with Gasteiger partial charge >= 0.3 is 0 Å². The summed E-state index contributed by atoms with van der Waals surface area (Å²) in [6.45, 7) is 11.3. The molecule has 0 aliphatic rings. The number of nitrogens with zero attached hydrogens (tertiary/aromatic N) is 2. The topological polar surface area (TPSA) is 87.7 Å². The lowest BCUT2D eigenvalue weighted by Crippen LogP contribution is -2.36. The van der Waals surface area contributed by atoms with Gasteiger partial charge in [0.1, 0.15) is 10.7 Å². The maximum absolute atomic E-state index is 12.5. The molecule has 1 atom stereocenters. The van der Waals surface area contributed by atoms with Crippen molar-refractivity contribution in [3.63, 3.8) is 0 Å². The van der Waals surface area contributed by atoms with Crippen LogP contribution in [0.3, 0.4) is 0 Å². The molecule has 0 saturated carbocycles. The summed E-state index contributed by atoms with van der Waals surface area (Å²) in [7, 11) is 1.67. The molecule has 2 rings (SSSR count). The van der Waals surface area contributed by atoms with Crippen LogP contribution in [-0.2, 0) is 16.0 Å². The van der Waals surface area contributed by atoms with Crippen LogP contribution in [0.25, 0.3) is 10.2 Å². The molecule has 8 heteroatoms. The van der Waals surface area contributed by atoms with Crippen molar-refractivity contribution in [3.8, 4) is 0 Å². The summed E-state index contributed by atoms with van der Waals surface area (Å²) in [5, 5.41) is 11.0. The van der Waals surface area contributed by atoms with E-state index in [4.69, 9.17) is 9.47 Å². The first-order chi connectivity index (χ1) is 13.3. The van der Waals surface area contributed by atoms with E-state index in [0.717, 1.165) is 28.2 Å². The Bertz CT molecular complexity index is 803. The van der Waals surface area contributed by atoms with Gasteiger partial charge in [-0.2, -0.15) is 0 Å². The van der Waals surface area contributed by atoms with Gasteiger partial charge in [-0.05, 0) is 31.7 Å². The van der Waals surface area contributed by atoms with Crippen LogP contribution in [0.2, 0.25) is 0 Å². The molecule has 28 heavy (non-hydrogen) atoms.